The Morgan fingerprint density at radius 3 is 3.00 bits per heavy atom. The van der Waals surface area contributed by atoms with Crippen molar-refractivity contribution in [1.82, 2.24) is 15.6 Å². The first-order chi connectivity index (χ1) is 11.7. The van der Waals surface area contributed by atoms with Gasteiger partial charge in [0.2, 0.25) is 5.89 Å². The van der Waals surface area contributed by atoms with Gasteiger partial charge in [0.05, 0.1) is 20.3 Å². The first-order valence-corrected chi connectivity index (χ1v) is 7.89. The van der Waals surface area contributed by atoms with Crippen molar-refractivity contribution in [3.8, 4) is 11.5 Å². The molecule has 128 valence electrons. The van der Waals surface area contributed by atoms with Crippen molar-refractivity contribution < 1.29 is 18.7 Å². The van der Waals surface area contributed by atoms with Gasteiger partial charge in [-0.2, -0.15) is 0 Å². The molecule has 1 aromatic carbocycles. The van der Waals surface area contributed by atoms with Gasteiger partial charge >= 0.3 is 0 Å². The third-order valence-electron chi connectivity index (χ3n) is 4.05. The van der Waals surface area contributed by atoms with Crippen molar-refractivity contribution in [2.24, 2.45) is 0 Å². The summed E-state index contributed by atoms with van der Waals surface area (Å²) in [7, 11) is 3.18. The predicted octanol–water partition coefficient (Wildman–Crippen LogP) is 2.05. The summed E-state index contributed by atoms with van der Waals surface area (Å²) in [5.74, 6) is 1.65. The maximum absolute atomic E-state index is 12.2. The molecule has 7 nitrogen and oxygen atoms in total. The minimum Gasteiger partial charge on any atom is -0.497 e. The van der Waals surface area contributed by atoms with E-state index in [9.17, 15) is 4.79 Å². The minimum absolute atomic E-state index is 0.105. The number of amides is 1. The van der Waals surface area contributed by atoms with Crippen LogP contribution in [-0.4, -0.2) is 31.7 Å². The van der Waals surface area contributed by atoms with Gasteiger partial charge in [-0.1, -0.05) is 0 Å². The average molecular weight is 331 g/mol. The van der Waals surface area contributed by atoms with E-state index in [1.807, 2.05) is 12.1 Å². The maximum atomic E-state index is 12.2. The lowest BCUT2D eigenvalue weighted by molar-refractivity contribution is 0.0945. The molecule has 3 rings (SSSR count). The Morgan fingerprint density at radius 2 is 2.29 bits per heavy atom. The largest absolute Gasteiger partial charge is 0.497 e. The fraction of sp³-hybridized carbons (Fsp3) is 0.412. The number of carbonyl (C=O) groups is 1. The van der Waals surface area contributed by atoms with Crippen molar-refractivity contribution in [1.29, 1.82) is 0 Å². The van der Waals surface area contributed by atoms with Crippen LogP contribution >= 0.6 is 0 Å². The normalized spacial score (nSPS) is 16.8. The van der Waals surface area contributed by atoms with Crippen molar-refractivity contribution in [2.75, 3.05) is 20.8 Å². The standard InChI is InChI=1S/C17H21N3O4/c1-22-12-6-5-11(15(8-12)23-2)9-19-16(21)14-10-24-17(20-14)13-4-3-7-18-13/h5-6,8,10,13,18H,3-4,7,9H2,1-2H3,(H,19,21). The second-order valence-corrected chi connectivity index (χ2v) is 5.58. The Balaban J connectivity index is 1.63. The summed E-state index contributed by atoms with van der Waals surface area (Å²) in [6, 6.07) is 5.56. The number of hydrogen-bond donors (Lipinski definition) is 2. The van der Waals surface area contributed by atoms with Crippen LogP contribution in [0.1, 0.15) is 40.8 Å². The van der Waals surface area contributed by atoms with Gasteiger partial charge in [-0.05, 0) is 31.5 Å². The van der Waals surface area contributed by atoms with E-state index in [4.69, 9.17) is 13.9 Å². The van der Waals surface area contributed by atoms with E-state index in [2.05, 4.69) is 15.6 Å². The Hall–Kier alpha value is -2.54. The van der Waals surface area contributed by atoms with Crippen LogP contribution in [-0.2, 0) is 6.54 Å². The van der Waals surface area contributed by atoms with Crippen molar-refractivity contribution in [2.45, 2.75) is 25.4 Å². The van der Waals surface area contributed by atoms with Crippen LogP contribution in [0.5, 0.6) is 11.5 Å². The van der Waals surface area contributed by atoms with Crippen molar-refractivity contribution >= 4 is 5.91 Å². The van der Waals surface area contributed by atoms with Gasteiger partial charge in [-0.3, -0.25) is 4.79 Å². The topological polar surface area (TPSA) is 85.6 Å². The number of nitrogens with zero attached hydrogens (tertiary/aromatic N) is 1. The molecule has 1 aromatic heterocycles. The summed E-state index contributed by atoms with van der Waals surface area (Å²) in [6.45, 7) is 1.28. The monoisotopic (exact) mass is 331 g/mol. The smallest absolute Gasteiger partial charge is 0.273 e. The number of nitrogens with one attached hydrogen (secondary N) is 2. The van der Waals surface area contributed by atoms with Crippen LogP contribution in [0, 0.1) is 0 Å². The molecule has 2 heterocycles. The molecule has 0 spiro atoms. The molecular formula is C17H21N3O4. The zero-order chi connectivity index (χ0) is 16.9. The molecule has 0 radical (unpaired) electrons. The van der Waals surface area contributed by atoms with E-state index in [1.165, 1.54) is 6.26 Å². The summed E-state index contributed by atoms with van der Waals surface area (Å²) < 4.78 is 15.9. The molecule has 1 amide bonds. The number of methoxy groups -OCH3 is 2. The number of aromatic nitrogens is 1. The molecule has 1 atom stereocenters. The van der Waals surface area contributed by atoms with Gasteiger partial charge in [-0.15, -0.1) is 0 Å². The Bertz CT molecular complexity index is 708. The second-order valence-electron chi connectivity index (χ2n) is 5.58. The zero-order valence-electron chi connectivity index (χ0n) is 13.8. The molecule has 0 saturated carbocycles. The van der Waals surface area contributed by atoms with Crippen LogP contribution < -0.4 is 20.1 Å². The number of benzene rings is 1. The highest BCUT2D eigenvalue weighted by Crippen LogP contribution is 2.25. The summed E-state index contributed by atoms with van der Waals surface area (Å²) >= 11 is 0. The molecule has 0 aliphatic carbocycles. The summed E-state index contributed by atoms with van der Waals surface area (Å²) in [6.07, 6.45) is 3.46. The highest BCUT2D eigenvalue weighted by atomic mass is 16.5. The van der Waals surface area contributed by atoms with Gasteiger partial charge < -0.3 is 24.5 Å². The maximum Gasteiger partial charge on any atom is 0.273 e. The van der Waals surface area contributed by atoms with Crippen LogP contribution in [0.2, 0.25) is 0 Å². The fourth-order valence-electron chi connectivity index (χ4n) is 2.71. The molecule has 7 heteroatoms. The van der Waals surface area contributed by atoms with E-state index in [1.54, 1.807) is 20.3 Å². The molecule has 2 N–H and O–H groups in total. The van der Waals surface area contributed by atoms with Crippen LogP contribution in [0.25, 0.3) is 0 Å². The minimum atomic E-state index is -0.277. The van der Waals surface area contributed by atoms with Crippen molar-refractivity contribution in [3.63, 3.8) is 0 Å². The lowest BCUT2D eigenvalue weighted by Gasteiger charge is -2.10. The van der Waals surface area contributed by atoms with E-state index < -0.39 is 0 Å². The Labute approximate surface area is 140 Å². The average Bonchev–Trinajstić information content (AvgIpc) is 3.30. The second kappa shape index (κ2) is 7.35. The van der Waals surface area contributed by atoms with Gasteiger partial charge in [0.25, 0.3) is 5.91 Å². The molecule has 24 heavy (non-hydrogen) atoms. The Morgan fingerprint density at radius 1 is 1.42 bits per heavy atom. The molecule has 1 fully saturated rings. The van der Waals surface area contributed by atoms with Gasteiger partial charge in [0.15, 0.2) is 5.69 Å². The van der Waals surface area contributed by atoms with Gasteiger partial charge in [-0.25, -0.2) is 4.98 Å². The summed E-state index contributed by atoms with van der Waals surface area (Å²) in [5.41, 5.74) is 1.14. The zero-order valence-corrected chi connectivity index (χ0v) is 13.8. The number of hydrogen-bond acceptors (Lipinski definition) is 6. The lowest BCUT2D eigenvalue weighted by atomic mass is 10.2. The Kier molecular flexibility index (Phi) is 5.00. The van der Waals surface area contributed by atoms with E-state index in [0.717, 1.165) is 24.9 Å². The van der Waals surface area contributed by atoms with Crippen molar-refractivity contribution in [3.05, 3.63) is 41.6 Å². The van der Waals surface area contributed by atoms with Crippen LogP contribution in [0.3, 0.4) is 0 Å². The number of rotatable bonds is 6. The number of carbonyl (C=O) groups excluding carboxylic acids is 1. The SMILES string of the molecule is COc1ccc(CNC(=O)c2coc(C3CCCN3)n2)c(OC)c1. The lowest BCUT2D eigenvalue weighted by Crippen LogP contribution is -2.23. The molecule has 2 aromatic rings. The molecule has 1 unspecified atom stereocenters. The molecule has 0 bridgehead atoms. The van der Waals surface area contributed by atoms with E-state index in [-0.39, 0.29) is 17.6 Å². The molecular weight excluding hydrogens is 310 g/mol. The quantitative estimate of drug-likeness (QED) is 0.842. The number of ether oxygens (including phenoxy) is 2. The molecule has 1 aliphatic rings. The predicted molar refractivity (Wildman–Crippen MR) is 87.2 cm³/mol. The van der Waals surface area contributed by atoms with E-state index >= 15 is 0 Å². The first-order valence-electron chi connectivity index (χ1n) is 7.89. The fourth-order valence-corrected chi connectivity index (χ4v) is 2.71. The van der Waals surface area contributed by atoms with Gasteiger partial charge in [0, 0.05) is 18.2 Å². The first kappa shape index (κ1) is 16.3. The summed E-state index contributed by atoms with van der Waals surface area (Å²) in [4.78, 5) is 16.5. The highest BCUT2D eigenvalue weighted by Gasteiger charge is 2.22. The van der Waals surface area contributed by atoms with Crippen LogP contribution in [0.4, 0.5) is 0 Å². The molecule has 1 aliphatic heterocycles. The van der Waals surface area contributed by atoms with Crippen LogP contribution in [0.15, 0.2) is 28.9 Å². The third-order valence-corrected chi connectivity index (χ3v) is 4.05. The van der Waals surface area contributed by atoms with Gasteiger partial charge in [0.1, 0.15) is 17.8 Å². The molecule has 1 saturated heterocycles. The number of oxazole rings is 1. The highest BCUT2D eigenvalue weighted by molar-refractivity contribution is 5.91. The summed E-state index contributed by atoms with van der Waals surface area (Å²) in [5, 5.41) is 6.12. The third kappa shape index (κ3) is 3.51. The van der Waals surface area contributed by atoms with E-state index in [0.29, 0.717) is 23.9 Å².